The van der Waals surface area contributed by atoms with Crippen LogP contribution in [0.1, 0.15) is 32.1 Å². The zero-order chi connectivity index (χ0) is 17.6. The van der Waals surface area contributed by atoms with Crippen molar-refractivity contribution >= 4 is 27.5 Å². The van der Waals surface area contributed by atoms with Crippen LogP contribution < -0.4 is 9.62 Å². The van der Waals surface area contributed by atoms with E-state index >= 15 is 0 Å². The topological polar surface area (TPSA) is 92.8 Å². The van der Waals surface area contributed by atoms with Gasteiger partial charge in [0.15, 0.2) is 0 Å². The first-order chi connectivity index (χ1) is 11.5. The van der Waals surface area contributed by atoms with Crippen molar-refractivity contribution in [3.8, 4) is 0 Å². The molecule has 0 aromatic heterocycles. The van der Waals surface area contributed by atoms with Crippen molar-refractivity contribution < 1.29 is 22.7 Å². The number of piperidine rings is 1. The molecule has 1 fully saturated rings. The van der Waals surface area contributed by atoms with Crippen molar-refractivity contribution in [2.24, 2.45) is 0 Å². The first-order valence-corrected chi connectivity index (χ1v) is 9.38. The van der Waals surface area contributed by atoms with E-state index < -0.39 is 10.0 Å². The first-order valence-electron chi connectivity index (χ1n) is 7.90. The van der Waals surface area contributed by atoms with E-state index in [2.05, 4.69) is 4.72 Å². The second kappa shape index (κ2) is 8.36. The fourth-order valence-electron chi connectivity index (χ4n) is 2.48. The van der Waals surface area contributed by atoms with E-state index in [0.29, 0.717) is 44.5 Å². The van der Waals surface area contributed by atoms with E-state index in [9.17, 15) is 18.0 Å². The van der Waals surface area contributed by atoms with Gasteiger partial charge in [0.25, 0.3) is 0 Å². The number of nitrogens with one attached hydrogen (secondary N) is 1. The Morgan fingerprint density at radius 3 is 2.29 bits per heavy atom. The van der Waals surface area contributed by atoms with Crippen LogP contribution in [0.25, 0.3) is 0 Å². The van der Waals surface area contributed by atoms with Gasteiger partial charge in [0, 0.05) is 33.1 Å². The lowest BCUT2D eigenvalue weighted by Crippen LogP contribution is -2.40. The molecule has 0 unspecified atom stereocenters. The number of ether oxygens (including phenoxy) is 1. The first kappa shape index (κ1) is 18.6. The van der Waals surface area contributed by atoms with Crippen molar-refractivity contribution in [3.63, 3.8) is 0 Å². The SMILES string of the molecule is COCCCCNS(=O)(=O)c1ccc(N2C(=O)CCCC2=O)cc1. The molecular weight excluding hydrogens is 332 g/mol. The smallest absolute Gasteiger partial charge is 0.240 e. The zero-order valence-electron chi connectivity index (χ0n) is 13.7. The molecule has 7 nitrogen and oxygen atoms in total. The Morgan fingerprint density at radius 1 is 1.08 bits per heavy atom. The summed E-state index contributed by atoms with van der Waals surface area (Å²) in [5.41, 5.74) is 0.406. The Morgan fingerprint density at radius 2 is 1.71 bits per heavy atom. The molecule has 1 aromatic rings. The summed E-state index contributed by atoms with van der Waals surface area (Å²) in [6.07, 6.45) is 2.68. The van der Waals surface area contributed by atoms with Crippen LogP contribution >= 0.6 is 0 Å². The van der Waals surface area contributed by atoms with Gasteiger partial charge >= 0.3 is 0 Å². The molecule has 0 atom stereocenters. The molecule has 1 N–H and O–H groups in total. The quantitative estimate of drug-likeness (QED) is 0.563. The molecule has 24 heavy (non-hydrogen) atoms. The van der Waals surface area contributed by atoms with Gasteiger partial charge in [0.1, 0.15) is 0 Å². The van der Waals surface area contributed by atoms with Gasteiger partial charge in [0.05, 0.1) is 10.6 Å². The Labute approximate surface area is 142 Å². The van der Waals surface area contributed by atoms with Crippen molar-refractivity contribution in [2.75, 3.05) is 25.2 Å². The summed E-state index contributed by atoms with van der Waals surface area (Å²) in [6, 6.07) is 5.78. The van der Waals surface area contributed by atoms with E-state index in [0.717, 1.165) is 11.3 Å². The predicted octanol–water partition coefficient (Wildman–Crippen LogP) is 1.43. The number of carbonyl (C=O) groups excluding carboxylic acids is 2. The molecule has 2 rings (SSSR count). The molecule has 0 aliphatic carbocycles. The number of amides is 2. The molecule has 1 aliphatic heterocycles. The van der Waals surface area contributed by atoms with Crippen LogP contribution in [0.5, 0.6) is 0 Å². The summed E-state index contributed by atoms with van der Waals surface area (Å²) in [7, 11) is -2.00. The van der Waals surface area contributed by atoms with Crippen LogP contribution in [-0.4, -0.2) is 40.5 Å². The van der Waals surface area contributed by atoms with Crippen LogP contribution in [0.15, 0.2) is 29.2 Å². The number of imide groups is 1. The number of sulfonamides is 1. The van der Waals surface area contributed by atoms with Crippen LogP contribution in [0.3, 0.4) is 0 Å². The molecule has 1 aromatic carbocycles. The molecule has 8 heteroatoms. The van der Waals surface area contributed by atoms with E-state index in [1.807, 2.05) is 0 Å². The van der Waals surface area contributed by atoms with Gasteiger partial charge in [0.2, 0.25) is 21.8 Å². The highest BCUT2D eigenvalue weighted by Gasteiger charge is 2.27. The third kappa shape index (κ3) is 4.62. The number of methoxy groups -OCH3 is 1. The molecule has 132 valence electrons. The molecule has 0 spiro atoms. The van der Waals surface area contributed by atoms with Crippen molar-refractivity contribution in [3.05, 3.63) is 24.3 Å². The second-order valence-corrected chi connectivity index (χ2v) is 7.33. The minimum absolute atomic E-state index is 0.106. The number of anilines is 1. The number of hydrogen-bond donors (Lipinski definition) is 1. The number of unbranched alkanes of at least 4 members (excludes halogenated alkanes) is 1. The van der Waals surface area contributed by atoms with Gasteiger partial charge in [-0.25, -0.2) is 13.1 Å². The lowest BCUT2D eigenvalue weighted by Gasteiger charge is -2.24. The summed E-state index contributed by atoms with van der Waals surface area (Å²) in [6.45, 7) is 0.921. The fraction of sp³-hybridized carbons (Fsp3) is 0.500. The summed E-state index contributed by atoms with van der Waals surface area (Å²) >= 11 is 0. The molecule has 0 saturated carbocycles. The molecular formula is C16H22N2O5S. The van der Waals surface area contributed by atoms with Gasteiger partial charge in [-0.2, -0.15) is 0 Å². The van der Waals surface area contributed by atoms with E-state index in [1.54, 1.807) is 7.11 Å². The van der Waals surface area contributed by atoms with Crippen LogP contribution in [0.4, 0.5) is 5.69 Å². The summed E-state index contributed by atoms with van der Waals surface area (Å²) in [4.78, 5) is 25.0. The fourth-order valence-corrected chi connectivity index (χ4v) is 3.55. The third-order valence-corrected chi connectivity index (χ3v) is 5.23. The monoisotopic (exact) mass is 354 g/mol. The van der Waals surface area contributed by atoms with E-state index in [1.165, 1.54) is 24.3 Å². The Kier molecular flexibility index (Phi) is 6.47. The molecule has 1 saturated heterocycles. The Balaban J connectivity index is 2.02. The van der Waals surface area contributed by atoms with Crippen molar-refractivity contribution in [1.82, 2.24) is 4.72 Å². The lowest BCUT2D eigenvalue weighted by molar-refractivity contribution is -0.129. The lowest BCUT2D eigenvalue weighted by atomic mass is 10.1. The minimum Gasteiger partial charge on any atom is -0.385 e. The van der Waals surface area contributed by atoms with Crippen molar-refractivity contribution in [2.45, 2.75) is 37.0 Å². The predicted molar refractivity (Wildman–Crippen MR) is 89.1 cm³/mol. The van der Waals surface area contributed by atoms with E-state index in [-0.39, 0.29) is 16.7 Å². The largest absolute Gasteiger partial charge is 0.385 e. The number of nitrogens with zero attached hydrogens (tertiary/aromatic N) is 1. The van der Waals surface area contributed by atoms with Crippen LogP contribution in [-0.2, 0) is 24.3 Å². The van der Waals surface area contributed by atoms with Gasteiger partial charge in [-0.1, -0.05) is 0 Å². The van der Waals surface area contributed by atoms with Gasteiger partial charge in [-0.15, -0.1) is 0 Å². The highest BCUT2D eigenvalue weighted by molar-refractivity contribution is 7.89. The normalized spacial score (nSPS) is 15.8. The Hall–Kier alpha value is -1.77. The zero-order valence-corrected chi connectivity index (χ0v) is 14.5. The average Bonchev–Trinajstić information content (AvgIpc) is 2.55. The Bertz CT molecular complexity index is 669. The highest BCUT2D eigenvalue weighted by atomic mass is 32.2. The minimum atomic E-state index is -3.60. The molecule has 2 amide bonds. The van der Waals surface area contributed by atoms with Crippen LogP contribution in [0.2, 0.25) is 0 Å². The van der Waals surface area contributed by atoms with Crippen molar-refractivity contribution in [1.29, 1.82) is 0 Å². The molecule has 1 heterocycles. The van der Waals surface area contributed by atoms with E-state index in [4.69, 9.17) is 4.74 Å². The molecule has 0 bridgehead atoms. The van der Waals surface area contributed by atoms with Gasteiger partial charge in [-0.05, 0) is 43.5 Å². The molecule has 0 radical (unpaired) electrons. The number of carbonyl (C=O) groups is 2. The second-order valence-electron chi connectivity index (χ2n) is 5.57. The number of benzene rings is 1. The maximum absolute atomic E-state index is 12.2. The van der Waals surface area contributed by atoms with Crippen LogP contribution in [0, 0.1) is 0 Å². The maximum Gasteiger partial charge on any atom is 0.240 e. The maximum atomic E-state index is 12.2. The number of hydrogen-bond acceptors (Lipinski definition) is 5. The average molecular weight is 354 g/mol. The summed E-state index contributed by atoms with van der Waals surface area (Å²) in [5.74, 6) is -0.503. The van der Waals surface area contributed by atoms with Gasteiger partial charge in [-0.3, -0.25) is 14.5 Å². The summed E-state index contributed by atoms with van der Waals surface area (Å²) < 4.78 is 31.8. The number of rotatable bonds is 8. The third-order valence-electron chi connectivity index (χ3n) is 3.75. The standard InChI is InChI=1S/C16H22N2O5S/c1-23-12-3-2-11-17-24(21,22)14-9-7-13(8-10-14)18-15(19)5-4-6-16(18)20/h7-10,17H,2-6,11-12H2,1H3. The highest BCUT2D eigenvalue weighted by Crippen LogP contribution is 2.23. The summed E-state index contributed by atoms with van der Waals surface area (Å²) in [5, 5.41) is 0. The molecule has 1 aliphatic rings. The van der Waals surface area contributed by atoms with Gasteiger partial charge < -0.3 is 4.74 Å².